The van der Waals surface area contributed by atoms with Gasteiger partial charge in [0.25, 0.3) is 0 Å². The van der Waals surface area contributed by atoms with Gasteiger partial charge in [0.2, 0.25) is 0 Å². The second kappa shape index (κ2) is 5.53. The lowest BCUT2D eigenvalue weighted by Gasteiger charge is -2.39. The van der Waals surface area contributed by atoms with Gasteiger partial charge in [0, 0.05) is 12.0 Å². The zero-order chi connectivity index (χ0) is 13.0. The molecule has 1 aliphatic carbocycles. The van der Waals surface area contributed by atoms with Crippen LogP contribution < -0.4 is 10.5 Å². The molecule has 0 bridgehead atoms. The number of hydrogen-bond donors (Lipinski definition) is 1. The fourth-order valence-corrected chi connectivity index (χ4v) is 2.41. The van der Waals surface area contributed by atoms with E-state index in [0.29, 0.717) is 24.5 Å². The van der Waals surface area contributed by atoms with Crippen molar-refractivity contribution in [2.75, 3.05) is 13.2 Å². The van der Waals surface area contributed by atoms with Crippen molar-refractivity contribution < 1.29 is 9.53 Å². The van der Waals surface area contributed by atoms with E-state index in [-0.39, 0.29) is 11.2 Å². The van der Waals surface area contributed by atoms with Gasteiger partial charge >= 0.3 is 0 Å². The molecule has 0 saturated heterocycles. The summed E-state index contributed by atoms with van der Waals surface area (Å²) in [7, 11) is 0. The van der Waals surface area contributed by atoms with Gasteiger partial charge < -0.3 is 10.5 Å². The Kier molecular flexibility index (Phi) is 4.02. The molecule has 18 heavy (non-hydrogen) atoms. The Bertz CT molecular complexity index is 419. The lowest BCUT2D eigenvalue weighted by atomic mass is 9.64. The standard InChI is InChI=1S/C15H21NO2/c1-2-10-18-13-7-4-3-6-12(13)14(17)15(11-16)8-5-9-15/h3-4,6-7H,2,5,8-11,16H2,1H3. The fraction of sp³-hybridized carbons (Fsp3) is 0.533. The van der Waals surface area contributed by atoms with E-state index in [9.17, 15) is 4.79 Å². The molecule has 3 nitrogen and oxygen atoms in total. The molecule has 1 saturated carbocycles. The van der Waals surface area contributed by atoms with Crippen LogP contribution in [0, 0.1) is 5.41 Å². The average Bonchev–Trinajstić information content (AvgIpc) is 2.36. The molecule has 2 rings (SSSR count). The van der Waals surface area contributed by atoms with Gasteiger partial charge in [-0.1, -0.05) is 25.5 Å². The molecule has 2 N–H and O–H groups in total. The van der Waals surface area contributed by atoms with E-state index < -0.39 is 0 Å². The Morgan fingerprint density at radius 1 is 1.39 bits per heavy atom. The third-order valence-corrected chi connectivity index (χ3v) is 3.78. The Morgan fingerprint density at radius 2 is 2.11 bits per heavy atom. The van der Waals surface area contributed by atoms with Crippen molar-refractivity contribution in [1.82, 2.24) is 0 Å². The number of ether oxygens (including phenoxy) is 1. The fourth-order valence-electron chi connectivity index (χ4n) is 2.41. The van der Waals surface area contributed by atoms with Crippen LogP contribution in [0.15, 0.2) is 24.3 Å². The summed E-state index contributed by atoms with van der Waals surface area (Å²) in [4.78, 5) is 12.6. The van der Waals surface area contributed by atoms with E-state index in [1.54, 1.807) is 0 Å². The molecule has 98 valence electrons. The summed E-state index contributed by atoms with van der Waals surface area (Å²) < 4.78 is 5.65. The van der Waals surface area contributed by atoms with Crippen molar-refractivity contribution in [3.63, 3.8) is 0 Å². The van der Waals surface area contributed by atoms with Crippen LogP contribution in [0.25, 0.3) is 0 Å². The number of carbonyl (C=O) groups excluding carboxylic acids is 1. The maximum absolute atomic E-state index is 12.6. The van der Waals surface area contributed by atoms with E-state index >= 15 is 0 Å². The van der Waals surface area contributed by atoms with E-state index in [2.05, 4.69) is 6.92 Å². The second-order valence-electron chi connectivity index (χ2n) is 5.01. The van der Waals surface area contributed by atoms with Crippen LogP contribution in [0.3, 0.4) is 0 Å². The molecular weight excluding hydrogens is 226 g/mol. The predicted molar refractivity (Wildman–Crippen MR) is 71.9 cm³/mol. The maximum atomic E-state index is 12.6. The van der Waals surface area contributed by atoms with Gasteiger partial charge in [-0.25, -0.2) is 0 Å². The first kappa shape index (κ1) is 13.1. The van der Waals surface area contributed by atoms with Crippen molar-refractivity contribution in [1.29, 1.82) is 0 Å². The normalized spacial score (nSPS) is 17.0. The molecule has 1 aromatic rings. The van der Waals surface area contributed by atoms with E-state index in [1.165, 1.54) is 0 Å². The summed E-state index contributed by atoms with van der Waals surface area (Å²) in [5.41, 5.74) is 6.16. The van der Waals surface area contributed by atoms with Crippen molar-refractivity contribution in [2.45, 2.75) is 32.6 Å². The number of para-hydroxylation sites is 1. The second-order valence-corrected chi connectivity index (χ2v) is 5.01. The molecule has 0 atom stereocenters. The number of ketones is 1. The minimum absolute atomic E-state index is 0.156. The molecule has 1 fully saturated rings. The SMILES string of the molecule is CCCOc1ccccc1C(=O)C1(CN)CCC1. The third-order valence-electron chi connectivity index (χ3n) is 3.78. The minimum atomic E-state index is -0.328. The van der Waals surface area contributed by atoms with Crippen molar-refractivity contribution in [3.8, 4) is 5.75 Å². The summed E-state index contributed by atoms with van der Waals surface area (Å²) >= 11 is 0. The summed E-state index contributed by atoms with van der Waals surface area (Å²) in [6.07, 6.45) is 3.85. The van der Waals surface area contributed by atoms with E-state index in [1.807, 2.05) is 24.3 Å². The molecule has 0 aromatic heterocycles. The zero-order valence-electron chi connectivity index (χ0n) is 10.9. The Labute approximate surface area is 108 Å². The average molecular weight is 247 g/mol. The van der Waals surface area contributed by atoms with Crippen LogP contribution in [0.2, 0.25) is 0 Å². The van der Waals surface area contributed by atoms with E-state index in [0.717, 1.165) is 25.7 Å². The molecule has 1 aromatic carbocycles. The van der Waals surface area contributed by atoms with Crippen LogP contribution in [-0.4, -0.2) is 18.9 Å². The van der Waals surface area contributed by atoms with Crippen molar-refractivity contribution in [2.24, 2.45) is 11.1 Å². The number of nitrogens with two attached hydrogens (primary N) is 1. The first-order valence-electron chi connectivity index (χ1n) is 6.70. The van der Waals surface area contributed by atoms with Crippen molar-refractivity contribution in [3.05, 3.63) is 29.8 Å². The lowest BCUT2D eigenvalue weighted by Crippen LogP contribution is -2.44. The van der Waals surface area contributed by atoms with Gasteiger partial charge in [0.15, 0.2) is 5.78 Å². The highest BCUT2D eigenvalue weighted by Crippen LogP contribution is 2.43. The first-order valence-corrected chi connectivity index (χ1v) is 6.70. The Morgan fingerprint density at radius 3 is 2.67 bits per heavy atom. The minimum Gasteiger partial charge on any atom is -0.493 e. The molecule has 0 spiro atoms. The summed E-state index contributed by atoms with van der Waals surface area (Å²) in [6, 6.07) is 7.50. The van der Waals surface area contributed by atoms with Gasteiger partial charge in [0.05, 0.1) is 12.2 Å². The van der Waals surface area contributed by atoms with Gasteiger partial charge in [-0.05, 0) is 31.4 Å². The largest absolute Gasteiger partial charge is 0.493 e. The quantitative estimate of drug-likeness (QED) is 0.786. The van der Waals surface area contributed by atoms with Gasteiger partial charge in [-0.15, -0.1) is 0 Å². The predicted octanol–water partition coefficient (Wildman–Crippen LogP) is 2.79. The van der Waals surface area contributed by atoms with Crippen LogP contribution in [0.1, 0.15) is 43.0 Å². The smallest absolute Gasteiger partial charge is 0.173 e. The third kappa shape index (κ3) is 2.27. The van der Waals surface area contributed by atoms with Gasteiger partial charge in [-0.3, -0.25) is 4.79 Å². The van der Waals surface area contributed by atoms with Crippen LogP contribution in [0.5, 0.6) is 5.75 Å². The topological polar surface area (TPSA) is 52.3 Å². The van der Waals surface area contributed by atoms with Crippen molar-refractivity contribution >= 4 is 5.78 Å². The molecule has 0 amide bonds. The monoisotopic (exact) mass is 247 g/mol. The van der Waals surface area contributed by atoms with Crippen LogP contribution in [0.4, 0.5) is 0 Å². The van der Waals surface area contributed by atoms with Crippen LogP contribution in [-0.2, 0) is 0 Å². The Hall–Kier alpha value is -1.35. The molecule has 1 aliphatic rings. The zero-order valence-corrected chi connectivity index (χ0v) is 10.9. The van der Waals surface area contributed by atoms with Gasteiger partial charge in [-0.2, -0.15) is 0 Å². The highest BCUT2D eigenvalue weighted by atomic mass is 16.5. The number of rotatable bonds is 6. The summed E-state index contributed by atoms with van der Waals surface area (Å²) in [5, 5.41) is 0. The number of Topliss-reactive ketones (excluding diaryl/α,β-unsaturated/α-hetero) is 1. The molecular formula is C15H21NO2. The van der Waals surface area contributed by atoms with E-state index in [4.69, 9.17) is 10.5 Å². The highest BCUT2D eigenvalue weighted by Gasteiger charge is 2.43. The molecule has 0 heterocycles. The molecule has 0 radical (unpaired) electrons. The number of carbonyl (C=O) groups is 1. The molecule has 0 unspecified atom stereocenters. The van der Waals surface area contributed by atoms with Crippen LogP contribution >= 0.6 is 0 Å². The summed E-state index contributed by atoms with van der Waals surface area (Å²) in [5.74, 6) is 0.854. The highest BCUT2D eigenvalue weighted by molar-refractivity contribution is 6.03. The molecule has 3 heteroatoms. The summed E-state index contributed by atoms with van der Waals surface area (Å²) in [6.45, 7) is 3.13. The maximum Gasteiger partial charge on any atom is 0.173 e. The first-order chi connectivity index (χ1) is 8.73. The number of hydrogen-bond acceptors (Lipinski definition) is 3. The number of benzene rings is 1. The van der Waals surface area contributed by atoms with Gasteiger partial charge in [0.1, 0.15) is 5.75 Å². The molecule has 0 aliphatic heterocycles. The Balaban J connectivity index is 2.24. The lowest BCUT2D eigenvalue weighted by molar-refractivity contribution is 0.0631.